The van der Waals surface area contributed by atoms with E-state index in [-0.39, 0.29) is 17.5 Å². The van der Waals surface area contributed by atoms with Crippen LogP contribution in [0.4, 0.5) is 5.69 Å². The molecule has 124 valence electrons. The second kappa shape index (κ2) is 6.83. The molecule has 1 aromatic heterocycles. The van der Waals surface area contributed by atoms with Gasteiger partial charge in [0.1, 0.15) is 5.69 Å². The third-order valence-electron chi connectivity index (χ3n) is 4.49. The van der Waals surface area contributed by atoms with Crippen molar-refractivity contribution in [2.75, 3.05) is 18.4 Å². The number of likely N-dealkylation sites (tertiary alicyclic amines) is 1. The van der Waals surface area contributed by atoms with E-state index >= 15 is 0 Å². The molecule has 1 aliphatic rings. The summed E-state index contributed by atoms with van der Waals surface area (Å²) in [7, 11) is 0. The van der Waals surface area contributed by atoms with Crippen LogP contribution in [-0.2, 0) is 0 Å². The van der Waals surface area contributed by atoms with Gasteiger partial charge in [0.25, 0.3) is 11.8 Å². The van der Waals surface area contributed by atoms with Crippen LogP contribution >= 0.6 is 0 Å². The number of nitrogens with one attached hydrogen (secondary N) is 1. The minimum atomic E-state index is -0.306. The molecule has 0 aliphatic carbocycles. The number of benzene rings is 1. The van der Waals surface area contributed by atoms with Gasteiger partial charge >= 0.3 is 0 Å². The molecular formula is C19H21N3O2. The molecule has 1 saturated heterocycles. The summed E-state index contributed by atoms with van der Waals surface area (Å²) in [5.41, 5.74) is 3.66. The van der Waals surface area contributed by atoms with Crippen molar-refractivity contribution in [1.29, 1.82) is 0 Å². The van der Waals surface area contributed by atoms with E-state index in [9.17, 15) is 9.59 Å². The van der Waals surface area contributed by atoms with E-state index in [4.69, 9.17) is 0 Å². The number of pyridine rings is 1. The first-order valence-corrected chi connectivity index (χ1v) is 8.19. The van der Waals surface area contributed by atoms with Crippen LogP contribution in [0.2, 0.25) is 0 Å². The summed E-state index contributed by atoms with van der Waals surface area (Å²) in [6, 6.07) is 8.99. The highest BCUT2D eigenvalue weighted by Crippen LogP contribution is 2.19. The van der Waals surface area contributed by atoms with Gasteiger partial charge in [-0.05, 0) is 56.0 Å². The number of amides is 2. The molecule has 24 heavy (non-hydrogen) atoms. The molecule has 5 heteroatoms. The van der Waals surface area contributed by atoms with Gasteiger partial charge in [-0.1, -0.05) is 12.1 Å². The van der Waals surface area contributed by atoms with Crippen molar-refractivity contribution in [3.63, 3.8) is 0 Å². The van der Waals surface area contributed by atoms with Crippen molar-refractivity contribution < 1.29 is 9.59 Å². The Morgan fingerprint density at radius 1 is 1.12 bits per heavy atom. The highest BCUT2D eigenvalue weighted by atomic mass is 16.2. The van der Waals surface area contributed by atoms with E-state index in [1.165, 1.54) is 6.20 Å². The van der Waals surface area contributed by atoms with Crippen LogP contribution in [0.1, 0.15) is 44.8 Å². The molecule has 2 heterocycles. The van der Waals surface area contributed by atoms with E-state index in [0.29, 0.717) is 5.56 Å². The van der Waals surface area contributed by atoms with E-state index < -0.39 is 0 Å². The summed E-state index contributed by atoms with van der Waals surface area (Å²) in [4.78, 5) is 30.9. The van der Waals surface area contributed by atoms with Crippen molar-refractivity contribution in [3.05, 3.63) is 58.9 Å². The van der Waals surface area contributed by atoms with Crippen LogP contribution in [-0.4, -0.2) is 34.8 Å². The predicted octanol–water partition coefficient (Wildman–Crippen LogP) is 3.19. The van der Waals surface area contributed by atoms with Gasteiger partial charge in [0.05, 0.1) is 0 Å². The zero-order valence-corrected chi connectivity index (χ0v) is 14.0. The van der Waals surface area contributed by atoms with Gasteiger partial charge in [0, 0.05) is 30.5 Å². The molecule has 0 bridgehead atoms. The Morgan fingerprint density at radius 2 is 1.88 bits per heavy atom. The fourth-order valence-electron chi connectivity index (χ4n) is 2.86. The van der Waals surface area contributed by atoms with Crippen molar-refractivity contribution >= 4 is 17.5 Å². The lowest BCUT2D eigenvalue weighted by Gasteiger charge is -2.15. The third kappa shape index (κ3) is 3.30. The first-order valence-electron chi connectivity index (χ1n) is 8.19. The average Bonchev–Trinajstić information content (AvgIpc) is 3.13. The lowest BCUT2D eigenvalue weighted by molar-refractivity contribution is 0.0792. The fraction of sp³-hybridized carbons (Fsp3) is 0.316. The summed E-state index contributed by atoms with van der Waals surface area (Å²) in [6.07, 6.45) is 3.59. The number of aromatic nitrogens is 1. The third-order valence-corrected chi connectivity index (χ3v) is 4.49. The number of carbonyl (C=O) groups excluding carboxylic acids is 2. The summed E-state index contributed by atoms with van der Waals surface area (Å²) in [5.74, 6) is -0.338. The monoisotopic (exact) mass is 323 g/mol. The van der Waals surface area contributed by atoms with Gasteiger partial charge in [0.2, 0.25) is 0 Å². The summed E-state index contributed by atoms with van der Waals surface area (Å²) < 4.78 is 0. The second-order valence-corrected chi connectivity index (χ2v) is 6.13. The number of carbonyl (C=O) groups is 2. The normalized spacial score (nSPS) is 13.8. The molecule has 3 rings (SSSR count). The zero-order valence-electron chi connectivity index (χ0n) is 14.0. The van der Waals surface area contributed by atoms with Gasteiger partial charge in [-0.2, -0.15) is 0 Å². The van der Waals surface area contributed by atoms with Gasteiger partial charge in [-0.15, -0.1) is 0 Å². The van der Waals surface area contributed by atoms with Crippen molar-refractivity contribution in [1.82, 2.24) is 9.88 Å². The minimum absolute atomic E-state index is 0.0318. The van der Waals surface area contributed by atoms with Crippen molar-refractivity contribution in [2.24, 2.45) is 0 Å². The smallest absolute Gasteiger partial charge is 0.274 e. The van der Waals surface area contributed by atoms with Crippen molar-refractivity contribution in [3.8, 4) is 0 Å². The molecule has 2 aromatic rings. The molecule has 0 unspecified atom stereocenters. The first-order chi connectivity index (χ1) is 11.6. The molecule has 0 radical (unpaired) electrons. The largest absolute Gasteiger partial charge is 0.339 e. The second-order valence-electron chi connectivity index (χ2n) is 6.13. The summed E-state index contributed by atoms with van der Waals surface area (Å²) >= 11 is 0. The Labute approximate surface area is 141 Å². The maximum absolute atomic E-state index is 12.5. The minimum Gasteiger partial charge on any atom is -0.339 e. The maximum Gasteiger partial charge on any atom is 0.274 e. The number of aryl methyl sites for hydroxylation is 1. The average molecular weight is 323 g/mol. The van der Waals surface area contributed by atoms with Gasteiger partial charge in [-0.25, -0.2) is 0 Å². The Hall–Kier alpha value is -2.69. The van der Waals surface area contributed by atoms with Crippen LogP contribution in [0.25, 0.3) is 0 Å². The van der Waals surface area contributed by atoms with Gasteiger partial charge < -0.3 is 10.2 Å². The lowest BCUT2D eigenvalue weighted by Crippen LogP contribution is -2.28. The standard InChI is InChI=1S/C19H21N3O2/c1-13-6-5-7-16(14(13)2)21-18(23)17-12-15(8-9-20-17)19(24)22-10-3-4-11-22/h5-9,12H,3-4,10-11H2,1-2H3,(H,21,23). The summed E-state index contributed by atoms with van der Waals surface area (Å²) in [5, 5.41) is 2.88. The number of hydrogen-bond acceptors (Lipinski definition) is 3. The van der Waals surface area contributed by atoms with Gasteiger partial charge in [-0.3, -0.25) is 14.6 Å². The zero-order chi connectivity index (χ0) is 17.1. The van der Waals surface area contributed by atoms with E-state index in [0.717, 1.165) is 42.7 Å². The molecule has 1 aromatic carbocycles. The maximum atomic E-state index is 12.5. The van der Waals surface area contributed by atoms with E-state index in [1.54, 1.807) is 12.1 Å². The quantitative estimate of drug-likeness (QED) is 0.943. The Kier molecular flexibility index (Phi) is 4.60. The molecule has 0 saturated carbocycles. The number of rotatable bonds is 3. The SMILES string of the molecule is Cc1cccc(NC(=O)c2cc(C(=O)N3CCCC3)ccn2)c1C. The van der Waals surface area contributed by atoms with E-state index in [1.807, 2.05) is 36.9 Å². The van der Waals surface area contributed by atoms with Crippen LogP contribution in [0.15, 0.2) is 36.5 Å². The Morgan fingerprint density at radius 3 is 2.62 bits per heavy atom. The topological polar surface area (TPSA) is 62.3 Å². The molecule has 2 amide bonds. The van der Waals surface area contributed by atoms with Crippen LogP contribution in [0.5, 0.6) is 0 Å². The predicted molar refractivity (Wildman–Crippen MR) is 93.2 cm³/mol. The number of nitrogens with zero attached hydrogens (tertiary/aromatic N) is 2. The number of hydrogen-bond donors (Lipinski definition) is 1. The van der Waals surface area contributed by atoms with Gasteiger partial charge in [0.15, 0.2) is 0 Å². The van der Waals surface area contributed by atoms with Crippen molar-refractivity contribution in [2.45, 2.75) is 26.7 Å². The number of anilines is 1. The lowest BCUT2D eigenvalue weighted by atomic mass is 10.1. The molecule has 0 spiro atoms. The summed E-state index contributed by atoms with van der Waals surface area (Å²) in [6.45, 7) is 5.53. The molecule has 5 nitrogen and oxygen atoms in total. The molecule has 1 aliphatic heterocycles. The van der Waals surface area contributed by atoms with Crippen LogP contribution < -0.4 is 5.32 Å². The van der Waals surface area contributed by atoms with Crippen LogP contribution in [0.3, 0.4) is 0 Å². The molecular weight excluding hydrogens is 302 g/mol. The molecule has 1 N–H and O–H groups in total. The highest BCUT2D eigenvalue weighted by Gasteiger charge is 2.20. The van der Waals surface area contributed by atoms with E-state index in [2.05, 4.69) is 10.3 Å². The van der Waals surface area contributed by atoms with Crippen LogP contribution in [0, 0.1) is 13.8 Å². The molecule has 0 atom stereocenters. The Balaban J connectivity index is 1.79. The fourth-order valence-corrected chi connectivity index (χ4v) is 2.86. The first kappa shape index (κ1) is 16.2. The highest BCUT2D eigenvalue weighted by molar-refractivity contribution is 6.05. The molecule has 1 fully saturated rings. The Bertz CT molecular complexity index is 780.